The van der Waals surface area contributed by atoms with Crippen molar-refractivity contribution in [2.75, 3.05) is 11.9 Å². The molecule has 1 atom stereocenters. The van der Waals surface area contributed by atoms with E-state index in [1.54, 1.807) is 11.8 Å². The summed E-state index contributed by atoms with van der Waals surface area (Å²) in [5, 5.41) is 13.7. The number of fused-ring (bicyclic) bond motifs is 1. The highest BCUT2D eigenvalue weighted by molar-refractivity contribution is 5.93. The van der Waals surface area contributed by atoms with Crippen LogP contribution in [0, 0.1) is 6.92 Å². The minimum Gasteiger partial charge on any atom is -0.337 e. The van der Waals surface area contributed by atoms with Gasteiger partial charge in [0.15, 0.2) is 11.6 Å². The lowest BCUT2D eigenvalue weighted by Crippen LogP contribution is -2.48. The van der Waals surface area contributed by atoms with Crippen LogP contribution in [-0.4, -0.2) is 49.3 Å². The van der Waals surface area contributed by atoms with Gasteiger partial charge < -0.3 is 14.7 Å². The molecule has 4 heterocycles. The molecule has 10 nitrogen and oxygen atoms in total. The Bertz CT molecular complexity index is 836. The Morgan fingerprint density at radius 3 is 2.93 bits per heavy atom. The molecule has 0 spiro atoms. The second kappa shape index (κ2) is 7.99. The van der Waals surface area contributed by atoms with Gasteiger partial charge in [-0.1, -0.05) is 5.16 Å². The zero-order chi connectivity index (χ0) is 19.5. The van der Waals surface area contributed by atoms with E-state index in [9.17, 15) is 9.59 Å². The molecule has 2 aromatic heterocycles. The molecular formula is C18H25N7O3. The highest BCUT2D eigenvalue weighted by Crippen LogP contribution is 2.18. The van der Waals surface area contributed by atoms with Gasteiger partial charge in [-0.15, -0.1) is 0 Å². The maximum absolute atomic E-state index is 12.9. The molecule has 150 valence electrons. The van der Waals surface area contributed by atoms with Crippen LogP contribution in [0.4, 0.5) is 10.6 Å². The first kappa shape index (κ1) is 18.5. The Morgan fingerprint density at radius 1 is 1.29 bits per heavy atom. The maximum Gasteiger partial charge on any atom is 0.321 e. The molecule has 1 fully saturated rings. The first-order valence-electron chi connectivity index (χ1n) is 9.81. The predicted octanol–water partition coefficient (Wildman–Crippen LogP) is 1.61. The van der Waals surface area contributed by atoms with E-state index >= 15 is 0 Å². The average Bonchev–Trinajstić information content (AvgIpc) is 3.22. The van der Waals surface area contributed by atoms with E-state index in [2.05, 4.69) is 25.9 Å². The highest BCUT2D eigenvalue weighted by Gasteiger charge is 2.29. The van der Waals surface area contributed by atoms with Crippen molar-refractivity contribution in [1.82, 2.24) is 30.1 Å². The Morgan fingerprint density at radius 2 is 2.14 bits per heavy atom. The van der Waals surface area contributed by atoms with Crippen molar-refractivity contribution in [3.05, 3.63) is 23.5 Å². The number of hydrogen-bond acceptors (Lipinski definition) is 6. The van der Waals surface area contributed by atoms with Gasteiger partial charge in [-0.05, 0) is 45.4 Å². The standard InChI is InChI=1S/C18H25N7O3/c1-12-19-16(28-23-12)11-24-8-4-3-7-14(17(24)26)20-18(27)21-15-10-13-6-2-5-9-25(13)22-15/h10,14H,2-9,11H2,1H3,(H2,20,21,22,27). The van der Waals surface area contributed by atoms with E-state index in [0.29, 0.717) is 30.5 Å². The molecule has 10 heteroatoms. The lowest BCUT2D eigenvalue weighted by Gasteiger charge is -2.23. The van der Waals surface area contributed by atoms with E-state index in [4.69, 9.17) is 4.52 Å². The van der Waals surface area contributed by atoms with Crippen LogP contribution < -0.4 is 10.6 Å². The van der Waals surface area contributed by atoms with E-state index in [1.165, 1.54) is 0 Å². The number of carbonyl (C=O) groups is 2. The van der Waals surface area contributed by atoms with Crippen LogP contribution in [0.3, 0.4) is 0 Å². The number of aryl methyl sites for hydroxylation is 3. The minimum atomic E-state index is -0.580. The molecule has 0 radical (unpaired) electrons. The molecule has 2 aromatic rings. The molecular weight excluding hydrogens is 362 g/mol. The van der Waals surface area contributed by atoms with Gasteiger partial charge in [0, 0.05) is 24.8 Å². The maximum atomic E-state index is 12.9. The minimum absolute atomic E-state index is 0.132. The zero-order valence-corrected chi connectivity index (χ0v) is 16.0. The molecule has 1 unspecified atom stereocenters. The number of nitrogens with zero attached hydrogens (tertiary/aromatic N) is 5. The summed E-state index contributed by atoms with van der Waals surface area (Å²) in [7, 11) is 0. The van der Waals surface area contributed by atoms with Crippen molar-refractivity contribution in [3.63, 3.8) is 0 Å². The molecule has 0 aliphatic carbocycles. The van der Waals surface area contributed by atoms with Gasteiger partial charge in [-0.3, -0.25) is 14.8 Å². The summed E-state index contributed by atoms with van der Waals surface area (Å²) in [5.41, 5.74) is 1.13. The number of hydrogen-bond donors (Lipinski definition) is 2. The lowest BCUT2D eigenvalue weighted by molar-refractivity contribution is -0.133. The summed E-state index contributed by atoms with van der Waals surface area (Å²) in [5.74, 6) is 1.33. The molecule has 1 saturated heterocycles. The monoisotopic (exact) mass is 387 g/mol. The third kappa shape index (κ3) is 4.15. The van der Waals surface area contributed by atoms with Crippen LogP contribution in [-0.2, 0) is 24.3 Å². The van der Waals surface area contributed by atoms with Gasteiger partial charge in [0.1, 0.15) is 12.6 Å². The van der Waals surface area contributed by atoms with Crippen molar-refractivity contribution in [1.29, 1.82) is 0 Å². The SMILES string of the molecule is Cc1noc(CN2CCCCC(NC(=O)Nc3cc4n(n3)CCCC4)C2=O)n1. The molecule has 0 saturated carbocycles. The van der Waals surface area contributed by atoms with Gasteiger partial charge >= 0.3 is 6.03 Å². The summed E-state index contributed by atoms with van der Waals surface area (Å²) >= 11 is 0. The van der Waals surface area contributed by atoms with Gasteiger partial charge in [0.05, 0.1) is 0 Å². The Balaban J connectivity index is 1.37. The van der Waals surface area contributed by atoms with Crippen molar-refractivity contribution in [2.24, 2.45) is 0 Å². The fraction of sp³-hybridized carbons (Fsp3) is 0.611. The third-order valence-corrected chi connectivity index (χ3v) is 5.14. The Kier molecular flexibility index (Phi) is 5.27. The Hall–Kier alpha value is -2.91. The molecule has 2 N–H and O–H groups in total. The Labute approximate surface area is 162 Å². The second-order valence-electron chi connectivity index (χ2n) is 7.34. The summed E-state index contributed by atoms with van der Waals surface area (Å²) in [4.78, 5) is 31.1. The van der Waals surface area contributed by atoms with E-state index in [-0.39, 0.29) is 12.5 Å². The molecule has 0 bridgehead atoms. The molecule has 4 rings (SSSR count). The fourth-order valence-corrected chi connectivity index (χ4v) is 3.75. The van der Waals surface area contributed by atoms with Gasteiger partial charge in [-0.25, -0.2) is 4.79 Å². The molecule has 0 aromatic carbocycles. The quantitative estimate of drug-likeness (QED) is 0.823. The highest BCUT2D eigenvalue weighted by atomic mass is 16.5. The summed E-state index contributed by atoms with van der Waals surface area (Å²) in [6.07, 6.45) is 5.55. The molecule has 3 amide bonds. The van der Waals surface area contributed by atoms with E-state index in [0.717, 1.165) is 44.3 Å². The number of urea groups is 1. The van der Waals surface area contributed by atoms with Crippen molar-refractivity contribution in [3.8, 4) is 0 Å². The second-order valence-corrected chi connectivity index (χ2v) is 7.34. The predicted molar refractivity (Wildman–Crippen MR) is 99.4 cm³/mol. The van der Waals surface area contributed by atoms with E-state index < -0.39 is 12.1 Å². The van der Waals surface area contributed by atoms with Crippen molar-refractivity contribution in [2.45, 2.75) is 64.6 Å². The topological polar surface area (TPSA) is 118 Å². The van der Waals surface area contributed by atoms with Gasteiger partial charge in [-0.2, -0.15) is 10.1 Å². The van der Waals surface area contributed by atoms with Crippen LogP contribution >= 0.6 is 0 Å². The number of carbonyl (C=O) groups excluding carboxylic acids is 2. The number of aromatic nitrogens is 4. The van der Waals surface area contributed by atoms with Crippen LogP contribution in [0.1, 0.15) is 49.5 Å². The summed E-state index contributed by atoms with van der Waals surface area (Å²) in [6, 6.07) is 0.908. The third-order valence-electron chi connectivity index (χ3n) is 5.14. The first-order chi connectivity index (χ1) is 13.6. The van der Waals surface area contributed by atoms with Gasteiger partial charge in [0.25, 0.3) is 0 Å². The number of nitrogens with one attached hydrogen (secondary N) is 2. The largest absolute Gasteiger partial charge is 0.337 e. The number of likely N-dealkylation sites (tertiary alicyclic amines) is 1. The smallest absolute Gasteiger partial charge is 0.321 e. The van der Waals surface area contributed by atoms with Crippen LogP contribution in [0.25, 0.3) is 0 Å². The van der Waals surface area contributed by atoms with Crippen molar-refractivity contribution >= 4 is 17.8 Å². The van der Waals surface area contributed by atoms with Crippen LogP contribution in [0.5, 0.6) is 0 Å². The first-order valence-corrected chi connectivity index (χ1v) is 9.81. The van der Waals surface area contributed by atoms with Crippen LogP contribution in [0.2, 0.25) is 0 Å². The fourth-order valence-electron chi connectivity index (χ4n) is 3.75. The van der Waals surface area contributed by atoms with Crippen molar-refractivity contribution < 1.29 is 14.1 Å². The molecule has 28 heavy (non-hydrogen) atoms. The normalized spacial score (nSPS) is 19.8. The average molecular weight is 387 g/mol. The number of anilines is 1. The molecule has 2 aliphatic rings. The number of rotatable bonds is 4. The van der Waals surface area contributed by atoms with Crippen LogP contribution in [0.15, 0.2) is 10.6 Å². The number of amides is 3. The molecule has 2 aliphatic heterocycles. The van der Waals surface area contributed by atoms with Gasteiger partial charge in [0.2, 0.25) is 11.8 Å². The summed E-state index contributed by atoms with van der Waals surface area (Å²) in [6.45, 7) is 3.48. The van der Waals surface area contributed by atoms with E-state index in [1.807, 2.05) is 10.7 Å². The lowest BCUT2D eigenvalue weighted by atomic mass is 10.1. The zero-order valence-electron chi connectivity index (χ0n) is 16.0. The summed E-state index contributed by atoms with van der Waals surface area (Å²) < 4.78 is 7.06.